The average molecular weight is 316 g/mol. The summed E-state index contributed by atoms with van der Waals surface area (Å²) in [6.07, 6.45) is 1.70. The van der Waals surface area contributed by atoms with Gasteiger partial charge in [0.05, 0.1) is 0 Å². The second-order valence-electron chi connectivity index (χ2n) is 2.41. The molecule has 0 aromatic carbocycles. The molecule has 0 aliphatic rings. The molecule has 0 spiro atoms. The van der Waals surface area contributed by atoms with Crippen LogP contribution in [0.5, 0.6) is 0 Å². The van der Waals surface area contributed by atoms with Crippen molar-refractivity contribution in [2.24, 2.45) is 0 Å². The third kappa shape index (κ3) is 2.13. The quantitative estimate of drug-likeness (QED) is 0.811. The van der Waals surface area contributed by atoms with Gasteiger partial charge in [0.1, 0.15) is 5.69 Å². The lowest BCUT2D eigenvalue weighted by atomic mass is 10.3. The van der Waals surface area contributed by atoms with Crippen LogP contribution in [0.25, 0.3) is 11.5 Å². The molecule has 14 heavy (non-hydrogen) atoms. The highest BCUT2D eigenvalue weighted by molar-refractivity contribution is 9.11. The maximum Gasteiger partial charge on any atom is 0.201 e. The number of pyridine rings is 1. The summed E-state index contributed by atoms with van der Waals surface area (Å²) in [6, 6.07) is 5.57. The van der Waals surface area contributed by atoms with Crippen molar-refractivity contribution < 1.29 is 0 Å². The summed E-state index contributed by atoms with van der Waals surface area (Å²) in [7, 11) is 0. The van der Waals surface area contributed by atoms with Gasteiger partial charge in [-0.15, -0.1) is 0 Å². The standard InChI is InChI=1S/C8H4Br2N4/c9-7-12-6(13-8(10)14-7)5-3-1-2-4-11-5/h1-4H. The predicted octanol–water partition coefficient (Wildman–Crippen LogP) is 2.46. The van der Waals surface area contributed by atoms with Crippen LogP contribution in [-0.4, -0.2) is 19.9 Å². The van der Waals surface area contributed by atoms with Crippen LogP contribution in [0, 0.1) is 0 Å². The van der Waals surface area contributed by atoms with Gasteiger partial charge in [-0.1, -0.05) is 6.07 Å². The molecule has 0 amide bonds. The Hall–Kier alpha value is -0.880. The van der Waals surface area contributed by atoms with Gasteiger partial charge >= 0.3 is 0 Å². The van der Waals surface area contributed by atoms with Gasteiger partial charge in [0.15, 0.2) is 5.82 Å². The van der Waals surface area contributed by atoms with E-state index in [0.717, 1.165) is 5.69 Å². The Morgan fingerprint density at radius 3 is 2.21 bits per heavy atom. The summed E-state index contributed by atoms with van der Waals surface area (Å²) >= 11 is 6.38. The summed E-state index contributed by atoms with van der Waals surface area (Å²) in [5.41, 5.74) is 0.719. The minimum Gasteiger partial charge on any atom is -0.253 e. The minimum absolute atomic E-state index is 0.486. The zero-order valence-electron chi connectivity index (χ0n) is 6.85. The molecular formula is C8H4Br2N4. The maximum atomic E-state index is 4.14. The molecule has 0 aliphatic carbocycles. The fourth-order valence-electron chi connectivity index (χ4n) is 0.935. The van der Waals surface area contributed by atoms with Crippen molar-refractivity contribution in [3.05, 3.63) is 33.9 Å². The van der Waals surface area contributed by atoms with E-state index in [1.807, 2.05) is 18.2 Å². The van der Waals surface area contributed by atoms with Gasteiger partial charge in [0, 0.05) is 6.20 Å². The Labute approximate surface area is 97.1 Å². The summed E-state index contributed by atoms with van der Waals surface area (Å²) in [5, 5.41) is 0. The number of halogens is 2. The fourth-order valence-corrected chi connectivity index (χ4v) is 1.85. The monoisotopic (exact) mass is 314 g/mol. The van der Waals surface area contributed by atoms with Gasteiger partial charge in [-0.3, -0.25) is 4.98 Å². The molecule has 0 fully saturated rings. The molecule has 0 saturated heterocycles. The first-order chi connectivity index (χ1) is 6.75. The van der Waals surface area contributed by atoms with Crippen molar-refractivity contribution in [1.82, 2.24) is 19.9 Å². The van der Waals surface area contributed by atoms with Crippen LogP contribution in [0.4, 0.5) is 0 Å². The first kappa shape index (κ1) is 9.67. The summed E-state index contributed by atoms with van der Waals surface area (Å²) in [5.74, 6) is 0.541. The highest BCUT2D eigenvalue weighted by Gasteiger charge is 2.05. The maximum absolute atomic E-state index is 4.14. The Balaban J connectivity index is 2.52. The molecule has 0 N–H and O–H groups in total. The topological polar surface area (TPSA) is 51.6 Å². The molecule has 0 saturated carbocycles. The Kier molecular flexibility index (Phi) is 2.83. The molecule has 4 nitrogen and oxygen atoms in total. The van der Waals surface area contributed by atoms with Crippen LogP contribution in [0.1, 0.15) is 0 Å². The molecule has 6 heteroatoms. The smallest absolute Gasteiger partial charge is 0.201 e. The summed E-state index contributed by atoms with van der Waals surface area (Å²) in [4.78, 5) is 16.3. The van der Waals surface area contributed by atoms with E-state index in [1.54, 1.807) is 6.20 Å². The molecule has 2 rings (SSSR count). The third-order valence-corrected chi connectivity index (χ3v) is 2.18. The molecule has 2 heterocycles. The number of hydrogen-bond acceptors (Lipinski definition) is 4. The van der Waals surface area contributed by atoms with E-state index in [2.05, 4.69) is 51.8 Å². The van der Waals surface area contributed by atoms with Crippen LogP contribution < -0.4 is 0 Å². The Morgan fingerprint density at radius 2 is 1.64 bits per heavy atom. The van der Waals surface area contributed by atoms with Crippen molar-refractivity contribution >= 4 is 31.9 Å². The van der Waals surface area contributed by atoms with E-state index in [0.29, 0.717) is 15.3 Å². The first-order valence-electron chi connectivity index (χ1n) is 3.74. The van der Waals surface area contributed by atoms with Crippen LogP contribution in [-0.2, 0) is 0 Å². The highest BCUT2D eigenvalue weighted by Crippen LogP contribution is 2.15. The molecule has 0 aliphatic heterocycles. The Bertz CT molecular complexity index is 426. The molecule has 0 atom stereocenters. The molecule has 70 valence electrons. The minimum atomic E-state index is 0.486. The lowest BCUT2D eigenvalue weighted by Gasteiger charge is -1.98. The first-order valence-corrected chi connectivity index (χ1v) is 5.33. The van der Waals surface area contributed by atoms with E-state index < -0.39 is 0 Å². The van der Waals surface area contributed by atoms with Crippen LogP contribution >= 0.6 is 31.9 Å². The van der Waals surface area contributed by atoms with Gasteiger partial charge < -0.3 is 0 Å². The lowest BCUT2D eigenvalue weighted by molar-refractivity contribution is 0.975. The zero-order valence-corrected chi connectivity index (χ0v) is 10.0. The molecule has 0 bridgehead atoms. The van der Waals surface area contributed by atoms with Crippen LogP contribution in [0.2, 0.25) is 0 Å². The molecule has 0 unspecified atom stereocenters. The van der Waals surface area contributed by atoms with Crippen molar-refractivity contribution in [3.8, 4) is 11.5 Å². The number of rotatable bonds is 1. The van der Waals surface area contributed by atoms with E-state index in [-0.39, 0.29) is 0 Å². The normalized spacial score (nSPS) is 10.1. The van der Waals surface area contributed by atoms with Crippen LogP contribution in [0.15, 0.2) is 33.9 Å². The fraction of sp³-hybridized carbons (Fsp3) is 0. The van der Waals surface area contributed by atoms with E-state index in [4.69, 9.17) is 0 Å². The largest absolute Gasteiger partial charge is 0.253 e. The predicted molar refractivity (Wildman–Crippen MR) is 58.5 cm³/mol. The van der Waals surface area contributed by atoms with E-state index in [1.165, 1.54) is 0 Å². The van der Waals surface area contributed by atoms with Crippen LogP contribution in [0.3, 0.4) is 0 Å². The SMILES string of the molecule is Brc1nc(Br)nc(-c2ccccn2)n1. The summed E-state index contributed by atoms with van der Waals surface area (Å²) < 4.78 is 0.972. The van der Waals surface area contributed by atoms with Crippen molar-refractivity contribution in [2.45, 2.75) is 0 Å². The second-order valence-corrected chi connectivity index (χ2v) is 3.83. The zero-order chi connectivity index (χ0) is 9.97. The molecule has 2 aromatic rings. The van der Waals surface area contributed by atoms with Gasteiger partial charge in [0.2, 0.25) is 9.47 Å². The third-order valence-electron chi connectivity index (χ3n) is 1.47. The second kappa shape index (κ2) is 4.10. The van der Waals surface area contributed by atoms with Gasteiger partial charge in [-0.2, -0.15) is 4.98 Å². The van der Waals surface area contributed by atoms with Gasteiger partial charge in [-0.25, -0.2) is 9.97 Å². The number of aromatic nitrogens is 4. The molecule has 0 radical (unpaired) electrons. The van der Waals surface area contributed by atoms with Gasteiger partial charge in [0.25, 0.3) is 0 Å². The van der Waals surface area contributed by atoms with E-state index in [9.17, 15) is 0 Å². The average Bonchev–Trinajstić information content (AvgIpc) is 2.18. The molecule has 2 aromatic heterocycles. The van der Waals surface area contributed by atoms with Gasteiger partial charge in [-0.05, 0) is 44.0 Å². The van der Waals surface area contributed by atoms with E-state index >= 15 is 0 Å². The summed E-state index contributed by atoms with van der Waals surface area (Å²) in [6.45, 7) is 0. The van der Waals surface area contributed by atoms with Crippen molar-refractivity contribution in [2.75, 3.05) is 0 Å². The lowest BCUT2D eigenvalue weighted by Crippen LogP contribution is -1.95. The van der Waals surface area contributed by atoms with Crippen molar-refractivity contribution in [1.29, 1.82) is 0 Å². The van der Waals surface area contributed by atoms with Crippen molar-refractivity contribution in [3.63, 3.8) is 0 Å². The number of hydrogen-bond donors (Lipinski definition) is 0. The number of nitrogens with zero attached hydrogens (tertiary/aromatic N) is 4. The Morgan fingerprint density at radius 1 is 0.929 bits per heavy atom. The highest BCUT2D eigenvalue weighted by atomic mass is 79.9. The molecular weight excluding hydrogens is 312 g/mol.